The average Bonchev–Trinajstić information content (AvgIpc) is 2.60. The molecule has 1 aromatic rings. The van der Waals surface area contributed by atoms with Crippen LogP contribution in [0, 0.1) is 5.92 Å². The van der Waals surface area contributed by atoms with Crippen LogP contribution in [0.5, 0.6) is 5.75 Å². The van der Waals surface area contributed by atoms with Crippen molar-refractivity contribution in [3.63, 3.8) is 0 Å². The zero-order valence-corrected chi connectivity index (χ0v) is 15.1. The van der Waals surface area contributed by atoms with E-state index in [0.29, 0.717) is 24.2 Å². The molecule has 2 rings (SSSR count). The van der Waals surface area contributed by atoms with Crippen LogP contribution >= 0.6 is 0 Å². The van der Waals surface area contributed by atoms with E-state index in [1.165, 1.54) is 7.11 Å². The standard InChI is InChI=1S/C19H28N2O4/c1-12(2)17(19(24)20-13-8-10-14(22)11-9-13)21-18(23)15-6-4-5-7-16(15)25-3/h4-7,12-14,17,22H,8-11H2,1-3H3,(H,20,24)(H,21,23). The number of hydrogen-bond donors (Lipinski definition) is 3. The van der Waals surface area contributed by atoms with Gasteiger partial charge in [-0.05, 0) is 43.7 Å². The normalized spacial score (nSPS) is 21.5. The van der Waals surface area contributed by atoms with Gasteiger partial charge in [0.25, 0.3) is 5.91 Å². The summed E-state index contributed by atoms with van der Waals surface area (Å²) < 4.78 is 5.22. The minimum Gasteiger partial charge on any atom is -0.496 e. The van der Waals surface area contributed by atoms with Gasteiger partial charge in [0.1, 0.15) is 11.8 Å². The lowest BCUT2D eigenvalue weighted by atomic mass is 9.92. The van der Waals surface area contributed by atoms with Crippen molar-refractivity contribution >= 4 is 11.8 Å². The first-order chi connectivity index (χ1) is 11.9. The van der Waals surface area contributed by atoms with E-state index in [4.69, 9.17) is 4.74 Å². The number of hydrogen-bond acceptors (Lipinski definition) is 4. The maximum absolute atomic E-state index is 12.6. The zero-order valence-electron chi connectivity index (χ0n) is 15.1. The second kappa shape index (κ2) is 8.85. The van der Waals surface area contributed by atoms with Gasteiger partial charge in [-0.25, -0.2) is 0 Å². The first kappa shape index (κ1) is 19.2. The van der Waals surface area contributed by atoms with Gasteiger partial charge in [-0.15, -0.1) is 0 Å². The van der Waals surface area contributed by atoms with Gasteiger partial charge in [0, 0.05) is 6.04 Å². The number of methoxy groups -OCH3 is 1. The molecule has 0 aromatic heterocycles. The Kier molecular flexibility index (Phi) is 6.82. The first-order valence-electron chi connectivity index (χ1n) is 8.84. The van der Waals surface area contributed by atoms with Crippen molar-refractivity contribution in [1.29, 1.82) is 0 Å². The fourth-order valence-corrected chi connectivity index (χ4v) is 3.10. The van der Waals surface area contributed by atoms with Crippen molar-refractivity contribution in [2.75, 3.05) is 7.11 Å². The predicted octanol–water partition coefficient (Wildman–Crippen LogP) is 1.87. The van der Waals surface area contributed by atoms with Crippen LogP contribution in [0.25, 0.3) is 0 Å². The smallest absolute Gasteiger partial charge is 0.255 e. The maximum Gasteiger partial charge on any atom is 0.255 e. The molecule has 0 saturated heterocycles. The topological polar surface area (TPSA) is 87.7 Å². The molecule has 1 unspecified atom stereocenters. The molecule has 1 aliphatic rings. The second-order valence-corrected chi connectivity index (χ2v) is 6.91. The highest BCUT2D eigenvalue weighted by Gasteiger charge is 2.28. The second-order valence-electron chi connectivity index (χ2n) is 6.91. The molecule has 1 atom stereocenters. The van der Waals surface area contributed by atoms with E-state index in [1.54, 1.807) is 24.3 Å². The summed E-state index contributed by atoms with van der Waals surface area (Å²) in [6, 6.07) is 6.37. The Hall–Kier alpha value is -2.08. The molecule has 0 aliphatic heterocycles. The van der Waals surface area contributed by atoms with Gasteiger partial charge in [-0.2, -0.15) is 0 Å². The number of aliphatic hydroxyl groups excluding tert-OH is 1. The average molecular weight is 348 g/mol. The number of para-hydroxylation sites is 1. The molecule has 0 bridgehead atoms. The first-order valence-corrected chi connectivity index (χ1v) is 8.84. The van der Waals surface area contributed by atoms with E-state index in [0.717, 1.165) is 12.8 Å². The van der Waals surface area contributed by atoms with E-state index in [9.17, 15) is 14.7 Å². The highest BCUT2D eigenvalue weighted by molar-refractivity contribution is 5.99. The summed E-state index contributed by atoms with van der Waals surface area (Å²) in [5.41, 5.74) is 0.407. The molecular weight excluding hydrogens is 320 g/mol. The van der Waals surface area contributed by atoms with E-state index >= 15 is 0 Å². The quantitative estimate of drug-likeness (QED) is 0.732. The summed E-state index contributed by atoms with van der Waals surface area (Å²) in [4.78, 5) is 25.2. The number of benzene rings is 1. The molecular formula is C19H28N2O4. The number of ether oxygens (including phenoxy) is 1. The molecule has 6 nitrogen and oxygen atoms in total. The lowest BCUT2D eigenvalue weighted by Gasteiger charge is -2.29. The molecule has 25 heavy (non-hydrogen) atoms. The van der Waals surface area contributed by atoms with Crippen LogP contribution in [0.15, 0.2) is 24.3 Å². The summed E-state index contributed by atoms with van der Waals surface area (Å²) in [7, 11) is 1.51. The summed E-state index contributed by atoms with van der Waals surface area (Å²) >= 11 is 0. The van der Waals surface area contributed by atoms with Crippen LogP contribution in [-0.2, 0) is 4.79 Å². The van der Waals surface area contributed by atoms with Crippen molar-refractivity contribution in [3.05, 3.63) is 29.8 Å². The zero-order chi connectivity index (χ0) is 18.4. The van der Waals surface area contributed by atoms with Crippen LogP contribution in [0.4, 0.5) is 0 Å². The lowest BCUT2D eigenvalue weighted by Crippen LogP contribution is -2.52. The van der Waals surface area contributed by atoms with E-state index < -0.39 is 6.04 Å². The van der Waals surface area contributed by atoms with Crippen molar-refractivity contribution < 1.29 is 19.4 Å². The SMILES string of the molecule is COc1ccccc1C(=O)NC(C(=O)NC1CCC(O)CC1)C(C)C. The molecule has 3 N–H and O–H groups in total. The summed E-state index contributed by atoms with van der Waals surface area (Å²) in [5.74, 6) is -0.0815. The minimum absolute atomic E-state index is 0.0483. The van der Waals surface area contributed by atoms with Crippen molar-refractivity contribution in [2.45, 2.75) is 57.7 Å². The molecule has 2 amide bonds. The Morgan fingerprint density at radius 1 is 1.16 bits per heavy atom. The number of rotatable bonds is 6. The van der Waals surface area contributed by atoms with Crippen molar-refractivity contribution in [2.24, 2.45) is 5.92 Å². The Morgan fingerprint density at radius 2 is 1.80 bits per heavy atom. The molecule has 0 spiro atoms. The number of amides is 2. The minimum atomic E-state index is -0.621. The maximum atomic E-state index is 12.6. The van der Waals surface area contributed by atoms with Crippen molar-refractivity contribution in [1.82, 2.24) is 10.6 Å². The summed E-state index contributed by atoms with van der Waals surface area (Å²) in [6.45, 7) is 3.80. The van der Waals surface area contributed by atoms with Gasteiger partial charge in [0.2, 0.25) is 5.91 Å². The number of aliphatic hydroxyl groups is 1. The monoisotopic (exact) mass is 348 g/mol. The van der Waals surface area contributed by atoms with Crippen LogP contribution in [-0.4, -0.2) is 42.2 Å². The van der Waals surface area contributed by atoms with Crippen molar-refractivity contribution in [3.8, 4) is 5.75 Å². The van der Waals surface area contributed by atoms with Crippen LogP contribution in [0.2, 0.25) is 0 Å². The Balaban J connectivity index is 2.02. The molecule has 1 saturated carbocycles. The Morgan fingerprint density at radius 3 is 2.40 bits per heavy atom. The van der Waals surface area contributed by atoms with Gasteiger partial charge in [0.05, 0.1) is 18.8 Å². The van der Waals surface area contributed by atoms with Crippen LogP contribution in [0.3, 0.4) is 0 Å². The van der Waals surface area contributed by atoms with Crippen LogP contribution < -0.4 is 15.4 Å². The summed E-state index contributed by atoms with van der Waals surface area (Å²) in [6.07, 6.45) is 2.66. The van der Waals surface area contributed by atoms with Crippen LogP contribution in [0.1, 0.15) is 49.9 Å². The molecule has 0 heterocycles. The Bertz CT molecular complexity index is 595. The third-order valence-electron chi connectivity index (χ3n) is 4.63. The summed E-state index contributed by atoms with van der Waals surface area (Å²) in [5, 5.41) is 15.4. The third-order valence-corrected chi connectivity index (χ3v) is 4.63. The fraction of sp³-hybridized carbons (Fsp3) is 0.579. The number of nitrogens with one attached hydrogen (secondary N) is 2. The third kappa shape index (κ3) is 5.19. The molecule has 1 aliphatic carbocycles. The molecule has 6 heteroatoms. The Labute approximate surface area is 149 Å². The molecule has 1 fully saturated rings. The highest BCUT2D eigenvalue weighted by Crippen LogP contribution is 2.20. The van der Waals surface area contributed by atoms with Gasteiger partial charge in [-0.3, -0.25) is 9.59 Å². The number of carbonyl (C=O) groups is 2. The van der Waals surface area contributed by atoms with Gasteiger partial charge < -0.3 is 20.5 Å². The largest absolute Gasteiger partial charge is 0.496 e. The molecule has 1 aromatic carbocycles. The predicted molar refractivity (Wildman–Crippen MR) is 95.5 cm³/mol. The molecule has 0 radical (unpaired) electrons. The van der Waals surface area contributed by atoms with E-state index in [-0.39, 0.29) is 29.9 Å². The van der Waals surface area contributed by atoms with Gasteiger partial charge in [0.15, 0.2) is 0 Å². The number of carbonyl (C=O) groups excluding carboxylic acids is 2. The fourth-order valence-electron chi connectivity index (χ4n) is 3.10. The van der Waals surface area contributed by atoms with E-state index in [2.05, 4.69) is 10.6 Å². The molecule has 138 valence electrons. The lowest BCUT2D eigenvalue weighted by molar-refractivity contribution is -0.125. The highest BCUT2D eigenvalue weighted by atomic mass is 16.5. The van der Waals surface area contributed by atoms with Gasteiger partial charge in [-0.1, -0.05) is 26.0 Å². The van der Waals surface area contributed by atoms with E-state index in [1.807, 2.05) is 13.8 Å². The van der Waals surface area contributed by atoms with Gasteiger partial charge >= 0.3 is 0 Å².